The molecule has 3 rings (SSSR count). The van der Waals surface area contributed by atoms with Crippen LogP contribution in [0.3, 0.4) is 0 Å². The Labute approximate surface area is 135 Å². The number of imidazole rings is 1. The van der Waals surface area contributed by atoms with Crippen molar-refractivity contribution >= 4 is 26.7 Å². The minimum atomic E-state index is -3.63. The second kappa shape index (κ2) is 5.70. The van der Waals surface area contributed by atoms with Crippen LogP contribution in [0.25, 0.3) is 11.0 Å². The summed E-state index contributed by atoms with van der Waals surface area (Å²) in [7, 11) is -3.63. The van der Waals surface area contributed by atoms with E-state index in [-0.39, 0.29) is 4.90 Å². The van der Waals surface area contributed by atoms with Crippen LogP contribution < -0.4 is 4.72 Å². The van der Waals surface area contributed by atoms with Crippen LogP contribution in [0.15, 0.2) is 47.4 Å². The van der Waals surface area contributed by atoms with E-state index >= 15 is 0 Å². The molecule has 0 aliphatic rings. The predicted octanol–water partition coefficient (Wildman–Crippen LogP) is 3.80. The molecule has 0 amide bonds. The van der Waals surface area contributed by atoms with Gasteiger partial charge < -0.3 is 4.98 Å². The standard InChI is InChI=1S/C17H19N3O2S/c1-11(2)13-4-6-14(7-5-13)20-23(21,22)15-8-9-16-17(10-15)19-12(3)18-16/h4-11,20H,1-3H3,(H,18,19). The van der Waals surface area contributed by atoms with Crippen LogP contribution in [0, 0.1) is 6.92 Å². The molecular formula is C17H19N3O2S. The van der Waals surface area contributed by atoms with Crippen molar-refractivity contribution in [3.8, 4) is 0 Å². The highest BCUT2D eigenvalue weighted by Gasteiger charge is 2.15. The minimum Gasteiger partial charge on any atom is -0.342 e. The fourth-order valence-electron chi connectivity index (χ4n) is 2.43. The minimum absolute atomic E-state index is 0.210. The quantitative estimate of drug-likeness (QED) is 0.764. The molecule has 23 heavy (non-hydrogen) atoms. The van der Waals surface area contributed by atoms with Crippen molar-refractivity contribution in [2.75, 3.05) is 4.72 Å². The molecule has 2 aromatic carbocycles. The fraction of sp³-hybridized carbons (Fsp3) is 0.235. The first-order valence-electron chi connectivity index (χ1n) is 7.44. The van der Waals surface area contributed by atoms with Gasteiger partial charge in [-0.25, -0.2) is 13.4 Å². The molecular weight excluding hydrogens is 310 g/mol. The Bertz CT molecular complexity index is 942. The Hall–Kier alpha value is -2.34. The van der Waals surface area contributed by atoms with E-state index in [1.807, 2.05) is 19.1 Å². The van der Waals surface area contributed by atoms with Crippen molar-refractivity contribution in [2.24, 2.45) is 0 Å². The Kier molecular flexibility index (Phi) is 3.85. The molecule has 0 radical (unpaired) electrons. The van der Waals surface area contributed by atoms with Gasteiger partial charge in [-0.2, -0.15) is 0 Å². The molecule has 3 aromatic rings. The summed E-state index contributed by atoms with van der Waals surface area (Å²) in [5.74, 6) is 1.17. The summed E-state index contributed by atoms with van der Waals surface area (Å²) in [5.41, 5.74) is 3.18. The maximum absolute atomic E-state index is 12.5. The monoisotopic (exact) mass is 329 g/mol. The molecule has 0 fully saturated rings. The van der Waals surface area contributed by atoms with Crippen molar-refractivity contribution in [1.29, 1.82) is 0 Å². The number of aromatic nitrogens is 2. The topological polar surface area (TPSA) is 74.8 Å². The molecule has 0 unspecified atom stereocenters. The number of benzene rings is 2. The maximum atomic E-state index is 12.5. The van der Waals surface area contributed by atoms with Crippen LogP contribution in [0.4, 0.5) is 5.69 Å². The molecule has 0 saturated carbocycles. The second-order valence-corrected chi connectivity index (χ2v) is 7.57. The number of sulfonamides is 1. The Morgan fingerprint density at radius 3 is 2.43 bits per heavy atom. The third kappa shape index (κ3) is 3.22. The highest BCUT2D eigenvalue weighted by Crippen LogP contribution is 2.22. The second-order valence-electron chi connectivity index (χ2n) is 5.88. The van der Waals surface area contributed by atoms with E-state index in [0.717, 1.165) is 11.3 Å². The first kappa shape index (κ1) is 15.6. The van der Waals surface area contributed by atoms with Gasteiger partial charge in [-0.3, -0.25) is 4.72 Å². The van der Waals surface area contributed by atoms with Crippen molar-refractivity contribution < 1.29 is 8.42 Å². The van der Waals surface area contributed by atoms with E-state index in [0.29, 0.717) is 17.1 Å². The molecule has 2 N–H and O–H groups in total. The van der Waals surface area contributed by atoms with Gasteiger partial charge in [0, 0.05) is 5.69 Å². The van der Waals surface area contributed by atoms with Gasteiger partial charge in [0.25, 0.3) is 10.0 Å². The first-order chi connectivity index (χ1) is 10.8. The number of anilines is 1. The fourth-order valence-corrected chi connectivity index (χ4v) is 3.52. The summed E-state index contributed by atoms with van der Waals surface area (Å²) in [6.45, 7) is 6.03. The summed E-state index contributed by atoms with van der Waals surface area (Å²) in [6.07, 6.45) is 0. The van der Waals surface area contributed by atoms with Gasteiger partial charge in [0.1, 0.15) is 5.82 Å². The number of rotatable bonds is 4. The van der Waals surface area contributed by atoms with E-state index in [4.69, 9.17) is 0 Å². The molecule has 6 heteroatoms. The zero-order valence-electron chi connectivity index (χ0n) is 13.3. The molecule has 0 aliphatic heterocycles. The molecule has 0 spiro atoms. The van der Waals surface area contributed by atoms with E-state index in [9.17, 15) is 8.42 Å². The van der Waals surface area contributed by atoms with Crippen molar-refractivity contribution in [1.82, 2.24) is 9.97 Å². The molecule has 0 bridgehead atoms. The largest absolute Gasteiger partial charge is 0.342 e. The molecule has 1 aromatic heterocycles. The van der Waals surface area contributed by atoms with Crippen LogP contribution in [-0.4, -0.2) is 18.4 Å². The molecule has 120 valence electrons. The van der Waals surface area contributed by atoms with Gasteiger partial charge in [-0.15, -0.1) is 0 Å². The third-order valence-electron chi connectivity index (χ3n) is 3.71. The maximum Gasteiger partial charge on any atom is 0.261 e. The number of hydrogen-bond donors (Lipinski definition) is 2. The summed E-state index contributed by atoms with van der Waals surface area (Å²) < 4.78 is 27.7. The number of nitrogens with one attached hydrogen (secondary N) is 2. The van der Waals surface area contributed by atoms with Gasteiger partial charge in [-0.1, -0.05) is 26.0 Å². The summed E-state index contributed by atoms with van der Waals surface area (Å²) in [4.78, 5) is 7.54. The third-order valence-corrected chi connectivity index (χ3v) is 5.09. The smallest absolute Gasteiger partial charge is 0.261 e. The number of nitrogens with zero attached hydrogens (tertiary/aromatic N) is 1. The highest BCUT2D eigenvalue weighted by molar-refractivity contribution is 7.92. The average molecular weight is 329 g/mol. The Balaban J connectivity index is 1.90. The summed E-state index contributed by atoms with van der Waals surface area (Å²) in [6, 6.07) is 12.3. The van der Waals surface area contributed by atoms with Crippen LogP contribution in [0.2, 0.25) is 0 Å². The van der Waals surface area contributed by atoms with E-state index in [1.54, 1.807) is 30.3 Å². The van der Waals surface area contributed by atoms with Crippen LogP contribution >= 0.6 is 0 Å². The van der Waals surface area contributed by atoms with E-state index in [1.165, 1.54) is 5.56 Å². The normalized spacial score (nSPS) is 12.0. The average Bonchev–Trinajstić information content (AvgIpc) is 2.86. The van der Waals surface area contributed by atoms with Gasteiger partial charge >= 0.3 is 0 Å². The lowest BCUT2D eigenvalue weighted by molar-refractivity contribution is 0.601. The zero-order chi connectivity index (χ0) is 16.6. The van der Waals surface area contributed by atoms with Gasteiger partial charge in [0.15, 0.2) is 0 Å². The Morgan fingerprint density at radius 2 is 1.78 bits per heavy atom. The van der Waals surface area contributed by atoms with Gasteiger partial charge in [0.2, 0.25) is 0 Å². The van der Waals surface area contributed by atoms with Gasteiger partial charge in [0.05, 0.1) is 15.9 Å². The number of aryl methyl sites for hydroxylation is 1. The Morgan fingerprint density at radius 1 is 1.09 bits per heavy atom. The lowest BCUT2D eigenvalue weighted by atomic mass is 10.0. The SMILES string of the molecule is Cc1nc2ccc(S(=O)(=O)Nc3ccc(C(C)C)cc3)cc2[nH]1. The van der Waals surface area contributed by atoms with Crippen LogP contribution in [0.5, 0.6) is 0 Å². The first-order valence-corrected chi connectivity index (χ1v) is 8.92. The molecule has 0 saturated heterocycles. The number of hydrogen-bond acceptors (Lipinski definition) is 3. The molecule has 0 aliphatic carbocycles. The zero-order valence-corrected chi connectivity index (χ0v) is 14.1. The lowest BCUT2D eigenvalue weighted by Gasteiger charge is -2.10. The summed E-state index contributed by atoms with van der Waals surface area (Å²) in [5, 5.41) is 0. The lowest BCUT2D eigenvalue weighted by Crippen LogP contribution is -2.12. The molecule has 1 heterocycles. The number of fused-ring (bicyclic) bond motifs is 1. The summed E-state index contributed by atoms with van der Waals surface area (Å²) >= 11 is 0. The van der Waals surface area contributed by atoms with E-state index in [2.05, 4.69) is 28.5 Å². The molecule has 5 nitrogen and oxygen atoms in total. The van der Waals surface area contributed by atoms with Crippen molar-refractivity contribution in [3.05, 3.63) is 53.9 Å². The van der Waals surface area contributed by atoms with Crippen molar-refractivity contribution in [2.45, 2.75) is 31.6 Å². The molecule has 0 atom stereocenters. The van der Waals surface area contributed by atoms with Gasteiger partial charge in [-0.05, 0) is 48.7 Å². The van der Waals surface area contributed by atoms with Crippen LogP contribution in [0.1, 0.15) is 31.2 Å². The predicted molar refractivity (Wildman–Crippen MR) is 92.2 cm³/mol. The highest BCUT2D eigenvalue weighted by atomic mass is 32.2. The van der Waals surface area contributed by atoms with E-state index < -0.39 is 10.0 Å². The number of aromatic amines is 1. The van der Waals surface area contributed by atoms with Crippen LogP contribution in [-0.2, 0) is 10.0 Å². The van der Waals surface area contributed by atoms with Crippen molar-refractivity contribution in [3.63, 3.8) is 0 Å². The number of H-pyrrole nitrogens is 1.